The normalized spacial score (nSPS) is 10.5. The van der Waals surface area contributed by atoms with Crippen molar-refractivity contribution < 1.29 is 0 Å². The number of halogens is 1. The van der Waals surface area contributed by atoms with E-state index < -0.39 is 0 Å². The minimum atomic E-state index is 0.876. The van der Waals surface area contributed by atoms with Crippen LogP contribution in [-0.4, -0.2) is 7.05 Å². The quantitative estimate of drug-likeness (QED) is 0.699. The maximum atomic E-state index is 3.58. The van der Waals surface area contributed by atoms with Gasteiger partial charge in [0, 0.05) is 23.8 Å². The fraction of sp³-hybridized carbons (Fsp3) is 0.294. The van der Waals surface area contributed by atoms with Crippen LogP contribution in [-0.2, 0) is 11.8 Å². The lowest BCUT2D eigenvalue weighted by Gasteiger charge is -2.23. The van der Waals surface area contributed by atoms with Gasteiger partial charge in [-0.3, -0.25) is 0 Å². The van der Waals surface area contributed by atoms with E-state index in [9.17, 15) is 0 Å². The van der Waals surface area contributed by atoms with Gasteiger partial charge in [0.1, 0.15) is 0 Å². The van der Waals surface area contributed by atoms with E-state index in [4.69, 9.17) is 0 Å². The summed E-state index contributed by atoms with van der Waals surface area (Å²) in [6.45, 7) is 4.31. The molecule has 0 atom stereocenters. The topological polar surface area (TPSA) is 3.24 Å². The fourth-order valence-corrected chi connectivity index (χ4v) is 2.69. The van der Waals surface area contributed by atoms with Gasteiger partial charge in [-0.15, -0.1) is 0 Å². The molecule has 0 N–H and O–H groups in total. The Morgan fingerprint density at radius 1 is 1.05 bits per heavy atom. The van der Waals surface area contributed by atoms with Crippen molar-refractivity contribution in [3.63, 3.8) is 0 Å². The summed E-state index contributed by atoms with van der Waals surface area (Å²) >= 11 is 3.58. The maximum absolute atomic E-state index is 3.58. The minimum absolute atomic E-state index is 0.876. The first-order valence-electron chi connectivity index (χ1n) is 6.64. The van der Waals surface area contributed by atoms with Crippen LogP contribution in [0.1, 0.15) is 23.6 Å². The van der Waals surface area contributed by atoms with Crippen LogP contribution < -0.4 is 4.90 Å². The summed E-state index contributed by atoms with van der Waals surface area (Å²) in [5, 5.41) is 0.876. The van der Waals surface area contributed by atoms with Crippen molar-refractivity contribution in [2.75, 3.05) is 11.9 Å². The molecule has 0 radical (unpaired) electrons. The molecule has 0 aliphatic carbocycles. The van der Waals surface area contributed by atoms with Gasteiger partial charge < -0.3 is 4.90 Å². The average molecular weight is 318 g/mol. The highest BCUT2D eigenvalue weighted by Crippen LogP contribution is 2.29. The molecular formula is C17H20BrN. The second-order valence-corrected chi connectivity index (χ2v) is 5.41. The monoisotopic (exact) mass is 317 g/mol. The molecule has 0 saturated carbocycles. The number of hydrogen-bond acceptors (Lipinski definition) is 1. The van der Waals surface area contributed by atoms with Crippen LogP contribution >= 0.6 is 15.9 Å². The van der Waals surface area contributed by atoms with E-state index in [2.05, 4.69) is 84.2 Å². The first kappa shape index (κ1) is 14.1. The molecule has 0 aliphatic rings. The number of anilines is 2. The molecule has 0 aliphatic heterocycles. The standard InChI is InChI=1S/C17H20BrN/c1-4-14-6-8-16(9-7-14)19(3)17-10-5-13(2)11-15(17)12-18/h5-11H,4,12H2,1-3H3. The third-order valence-electron chi connectivity index (χ3n) is 3.47. The molecule has 100 valence electrons. The zero-order valence-electron chi connectivity index (χ0n) is 11.8. The molecule has 0 amide bonds. The Morgan fingerprint density at radius 3 is 2.32 bits per heavy atom. The molecule has 2 heteroatoms. The van der Waals surface area contributed by atoms with Crippen LogP contribution in [0.4, 0.5) is 11.4 Å². The number of benzene rings is 2. The summed E-state index contributed by atoms with van der Waals surface area (Å²) in [6, 6.07) is 15.4. The van der Waals surface area contributed by atoms with Crippen LogP contribution in [0.15, 0.2) is 42.5 Å². The lowest BCUT2D eigenvalue weighted by Crippen LogP contribution is -2.11. The molecule has 0 fully saturated rings. The van der Waals surface area contributed by atoms with Crippen molar-refractivity contribution >= 4 is 27.3 Å². The third-order valence-corrected chi connectivity index (χ3v) is 4.08. The number of aryl methyl sites for hydroxylation is 2. The Labute approximate surface area is 124 Å². The molecule has 0 spiro atoms. The summed E-state index contributed by atoms with van der Waals surface area (Å²) in [5.41, 5.74) is 6.48. The van der Waals surface area contributed by atoms with E-state index in [1.54, 1.807) is 0 Å². The molecule has 2 aromatic carbocycles. The number of hydrogen-bond donors (Lipinski definition) is 0. The Balaban J connectivity index is 2.34. The minimum Gasteiger partial charge on any atom is -0.344 e. The molecule has 19 heavy (non-hydrogen) atoms. The van der Waals surface area contributed by atoms with Crippen LogP contribution in [0.3, 0.4) is 0 Å². The summed E-state index contributed by atoms with van der Waals surface area (Å²) in [7, 11) is 2.12. The van der Waals surface area contributed by atoms with Crippen LogP contribution in [0.2, 0.25) is 0 Å². The van der Waals surface area contributed by atoms with Crippen molar-refractivity contribution in [2.24, 2.45) is 0 Å². The lowest BCUT2D eigenvalue weighted by molar-refractivity contribution is 1.12. The SMILES string of the molecule is CCc1ccc(N(C)c2ccc(C)cc2CBr)cc1. The zero-order chi connectivity index (χ0) is 13.8. The molecule has 1 nitrogen and oxygen atoms in total. The van der Waals surface area contributed by atoms with Crippen LogP contribution in [0.25, 0.3) is 0 Å². The summed E-state index contributed by atoms with van der Waals surface area (Å²) in [6.07, 6.45) is 1.08. The highest BCUT2D eigenvalue weighted by atomic mass is 79.9. The van der Waals surface area contributed by atoms with Gasteiger partial charge in [-0.1, -0.05) is 52.7 Å². The van der Waals surface area contributed by atoms with Crippen molar-refractivity contribution in [3.8, 4) is 0 Å². The predicted molar refractivity (Wildman–Crippen MR) is 87.7 cm³/mol. The molecule has 2 aromatic rings. The van der Waals surface area contributed by atoms with Crippen LogP contribution in [0.5, 0.6) is 0 Å². The van der Waals surface area contributed by atoms with Gasteiger partial charge in [0.05, 0.1) is 0 Å². The molecular weight excluding hydrogens is 298 g/mol. The fourth-order valence-electron chi connectivity index (χ4n) is 2.24. The Morgan fingerprint density at radius 2 is 1.74 bits per heavy atom. The molecule has 2 rings (SSSR count). The van der Waals surface area contributed by atoms with Gasteiger partial charge in [-0.25, -0.2) is 0 Å². The second-order valence-electron chi connectivity index (χ2n) is 4.84. The molecule has 0 heterocycles. The van der Waals surface area contributed by atoms with Crippen LogP contribution in [0, 0.1) is 6.92 Å². The van der Waals surface area contributed by atoms with E-state index in [-0.39, 0.29) is 0 Å². The van der Waals surface area contributed by atoms with E-state index in [0.29, 0.717) is 0 Å². The van der Waals surface area contributed by atoms with Crippen molar-refractivity contribution in [3.05, 3.63) is 59.2 Å². The average Bonchev–Trinajstić information content (AvgIpc) is 2.46. The maximum Gasteiger partial charge on any atom is 0.0449 e. The molecule has 0 bridgehead atoms. The Bertz CT molecular complexity index is 546. The molecule has 0 saturated heterocycles. The summed E-state index contributed by atoms with van der Waals surface area (Å²) in [5.74, 6) is 0. The summed E-state index contributed by atoms with van der Waals surface area (Å²) < 4.78 is 0. The van der Waals surface area contributed by atoms with E-state index in [1.807, 2.05) is 0 Å². The summed E-state index contributed by atoms with van der Waals surface area (Å²) in [4.78, 5) is 2.25. The third kappa shape index (κ3) is 3.19. The highest BCUT2D eigenvalue weighted by Gasteiger charge is 2.08. The van der Waals surface area contributed by atoms with E-state index in [1.165, 1.54) is 28.1 Å². The van der Waals surface area contributed by atoms with Crippen molar-refractivity contribution in [1.29, 1.82) is 0 Å². The highest BCUT2D eigenvalue weighted by molar-refractivity contribution is 9.08. The van der Waals surface area contributed by atoms with Gasteiger partial charge in [-0.2, -0.15) is 0 Å². The lowest BCUT2D eigenvalue weighted by atomic mass is 10.1. The molecule has 0 aromatic heterocycles. The van der Waals surface area contributed by atoms with Crippen molar-refractivity contribution in [2.45, 2.75) is 25.6 Å². The number of alkyl halides is 1. The first-order chi connectivity index (χ1) is 9.15. The van der Waals surface area contributed by atoms with E-state index in [0.717, 1.165) is 11.8 Å². The Kier molecular flexibility index (Phi) is 4.65. The van der Waals surface area contributed by atoms with E-state index >= 15 is 0 Å². The first-order valence-corrected chi connectivity index (χ1v) is 7.76. The number of nitrogens with zero attached hydrogens (tertiary/aromatic N) is 1. The smallest absolute Gasteiger partial charge is 0.0449 e. The number of rotatable bonds is 4. The van der Waals surface area contributed by atoms with Crippen molar-refractivity contribution in [1.82, 2.24) is 0 Å². The van der Waals surface area contributed by atoms with Gasteiger partial charge >= 0.3 is 0 Å². The predicted octanol–water partition coefficient (Wildman–Crippen LogP) is 5.22. The zero-order valence-corrected chi connectivity index (χ0v) is 13.4. The van der Waals surface area contributed by atoms with Gasteiger partial charge in [0.15, 0.2) is 0 Å². The molecule has 0 unspecified atom stereocenters. The van der Waals surface area contributed by atoms with Gasteiger partial charge in [0.2, 0.25) is 0 Å². The van der Waals surface area contributed by atoms with Gasteiger partial charge in [-0.05, 0) is 42.7 Å². The second kappa shape index (κ2) is 6.25. The Hall–Kier alpha value is -1.28. The largest absolute Gasteiger partial charge is 0.344 e. The van der Waals surface area contributed by atoms with Gasteiger partial charge in [0.25, 0.3) is 0 Å².